The van der Waals surface area contributed by atoms with Crippen molar-refractivity contribution in [3.05, 3.63) is 34.8 Å². The predicted molar refractivity (Wildman–Crippen MR) is 82.7 cm³/mol. The Balaban J connectivity index is 2.08. The number of ether oxygens (including phenoxy) is 1. The van der Waals surface area contributed by atoms with Gasteiger partial charge in [0.1, 0.15) is 5.75 Å². The molecule has 3 aromatic rings. The minimum Gasteiger partial charge on any atom is -0.507 e. The van der Waals surface area contributed by atoms with Crippen molar-refractivity contribution in [2.75, 3.05) is 7.11 Å². The van der Waals surface area contributed by atoms with Crippen LogP contribution in [-0.2, 0) is 0 Å². The molecule has 3 rings (SSSR count). The highest BCUT2D eigenvalue weighted by molar-refractivity contribution is 7.20. The monoisotopic (exact) mass is 333 g/mol. The van der Waals surface area contributed by atoms with Gasteiger partial charge in [-0.15, -0.1) is 11.3 Å². The zero-order valence-electron chi connectivity index (χ0n) is 11.8. The SMILES string of the molecule is COc1cc(O)c(C(=O)c2nc3cc(O)c(O)cc3s2)cc1O. The third kappa shape index (κ3) is 2.49. The van der Waals surface area contributed by atoms with Gasteiger partial charge in [0.2, 0.25) is 5.78 Å². The number of hydrogen-bond donors (Lipinski definition) is 4. The molecule has 0 bridgehead atoms. The fourth-order valence-electron chi connectivity index (χ4n) is 2.07. The first kappa shape index (κ1) is 14.9. The van der Waals surface area contributed by atoms with Crippen molar-refractivity contribution in [1.82, 2.24) is 4.98 Å². The molecule has 7 nitrogen and oxygen atoms in total. The quantitative estimate of drug-likeness (QED) is 0.330. The molecule has 0 aliphatic heterocycles. The van der Waals surface area contributed by atoms with Crippen LogP contribution in [-0.4, -0.2) is 38.3 Å². The van der Waals surface area contributed by atoms with E-state index in [2.05, 4.69) is 4.98 Å². The number of methoxy groups -OCH3 is 1. The van der Waals surface area contributed by atoms with E-state index < -0.39 is 5.78 Å². The molecule has 0 aliphatic carbocycles. The van der Waals surface area contributed by atoms with E-state index in [0.29, 0.717) is 10.2 Å². The molecule has 0 saturated heterocycles. The van der Waals surface area contributed by atoms with E-state index >= 15 is 0 Å². The van der Waals surface area contributed by atoms with E-state index in [0.717, 1.165) is 23.5 Å². The summed E-state index contributed by atoms with van der Waals surface area (Å²) in [5, 5.41) is 38.7. The summed E-state index contributed by atoms with van der Waals surface area (Å²) in [6.45, 7) is 0. The van der Waals surface area contributed by atoms with Crippen LogP contribution in [0, 0.1) is 0 Å². The number of aromatic hydroxyl groups is 4. The summed E-state index contributed by atoms with van der Waals surface area (Å²) in [5.74, 6) is -1.85. The van der Waals surface area contributed by atoms with Crippen LogP contribution in [0.25, 0.3) is 10.2 Å². The Morgan fingerprint density at radius 1 is 1.00 bits per heavy atom. The summed E-state index contributed by atoms with van der Waals surface area (Å²) < 4.78 is 5.35. The second-order valence-electron chi connectivity index (χ2n) is 4.70. The number of thiazole rings is 1. The number of carbonyl (C=O) groups excluding carboxylic acids is 1. The minimum atomic E-state index is -0.597. The molecular weight excluding hydrogens is 322 g/mol. The lowest BCUT2D eigenvalue weighted by atomic mass is 10.1. The fraction of sp³-hybridized carbons (Fsp3) is 0.0667. The molecule has 0 aliphatic rings. The lowest BCUT2D eigenvalue weighted by Gasteiger charge is -2.07. The Morgan fingerprint density at radius 2 is 1.70 bits per heavy atom. The summed E-state index contributed by atoms with van der Waals surface area (Å²) in [6, 6.07) is 4.76. The van der Waals surface area contributed by atoms with E-state index in [1.54, 1.807) is 0 Å². The zero-order valence-corrected chi connectivity index (χ0v) is 12.6. The number of rotatable bonds is 3. The number of nitrogens with zero attached hydrogens (tertiary/aromatic N) is 1. The highest BCUT2D eigenvalue weighted by Gasteiger charge is 2.21. The fourth-order valence-corrected chi connectivity index (χ4v) is 3.00. The first-order valence-electron chi connectivity index (χ1n) is 6.38. The van der Waals surface area contributed by atoms with Gasteiger partial charge in [0.15, 0.2) is 28.0 Å². The van der Waals surface area contributed by atoms with E-state index in [1.165, 1.54) is 19.2 Å². The van der Waals surface area contributed by atoms with Crippen LogP contribution >= 0.6 is 11.3 Å². The first-order valence-corrected chi connectivity index (χ1v) is 7.19. The summed E-state index contributed by atoms with van der Waals surface area (Å²) in [7, 11) is 1.32. The summed E-state index contributed by atoms with van der Waals surface area (Å²) in [4.78, 5) is 16.5. The van der Waals surface area contributed by atoms with E-state index in [-0.39, 0.29) is 39.3 Å². The van der Waals surface area contributed by atoms with Crippen LogP contribution in [0.3, 0.4) is 0 Å². The molecule has 1 heterocycles. The molecule has 23 heavy (non-hydrogen) atoms. The van der Waals surface area contributed by atoms with E-state index in [4.69, 9.17) is 4.74 Å². The van der Waals surface area contributed by atoms with Gasteiger partial charge in [-0.2, -0.15) is 0 Å². The van der Waals surface area contributed by atoms with Crippen molar-refractivity contribution in [3.8, 4) is 28.7 Å². The molecule has 0 saturated carbocycles. The maximum Gasteiger partial charge on any atom is 0.225 e. The minimum absolute atomic E-state index is 0.0400. The number of hydrogen-bond acceptors (Lipinski definition) is 8. The number of benzene rings is 2. The highest BCUT2D eigenvalue weighted by Crippen LogP contribution is 2.37. The topological polar surface area (TPSA) is 120 Å². The Morgan fingerprint density at radius 3 is 2.39 bits per heavy atom. The summed E-state index contributed by atoms with van der Waals surface area (Å²) in [5.41, 5.74) is 0.210. The van der Waals surface area contributed by atoms with Crippen molar-refractivity contribution in [2.24, 2.45) is 0 Å². The van der Waals surface area contributed by atoms with Crippen molar-refractivity contribution in [1.29, 1.82) is 0 Å². The van der Waals surface area contributed by atoms with E-state index in [9.17, 15) is 25.2 Å². The Bertz CT molecular complexity index is 894. The third-order valence-corrected chi connectivity index (χ3v) is 4.24. The van der Waals surface area contributed by atoms with Gasteiger partial charge in [-0.25, -0.2) is 4.98 Å². The second-order valence-corrected chi connectivity index (χ2v) is 5.73. The third-order valence-electron chi connectivity index (χ3n) is 3.22. The van der Waals surface area contributed by atoms with Gasteiger partial charge in [0, 0.05) is 18.2 Å². The Kier molecular flexibility index (Phi) is 3.45. The molecule has 0 fully saturated rings. The number of carbonyl (C=O) groups is 1. The molecule has 8 heteroatoms. The molecule has 0 atom stereocenters. The molecule has 2 aromatic carbocycles. The van der Waals surface area contributed by atoms with Gasteiger partial charge in [0.25, 0.3) is 0 Å². The summed E-state index contributed by atoms with van der Waals surface area (Å²) >= 11 is 0.992. The number of aromatic nitrogens is 1. The highest BCUT2D eigenvalue weighted by atomic mass is 32.1. The van der Waals surface area contributed by atoms with Crippen LogP contribution in [0.5, 0.6) is 28.7 Å². The van der Waals surface area contributed by atoms with Crippen molar-refractivity contribution in [3.63, 3.8) is 0 Å². The predicted octanol–water partition coefficient (Wildman–Crippen LogP) is 2.36. The molecular formula is C15H11NO6S. The van der Waals surface area contributed by atoms with Gasteiger partial charge in [-0.1, -0.05) is 0 Å². The zero-order chi connectivity index (χ0) is 16.7. The molecule has 1 aromatic heterocycles. The van der Waals surface area contributed by atoms with Crippen molar-refractivity contribution in [2.45, 2.75) is 0 Å². The number of fused-ring (bicyclic) bond motifs is 1. The lowest BCUT2D eigenvalue weighted by molar-refractivity contribution is 0.103. The molecule has 0 unspecified atom stereocenters. The van der Waals surface area contributed by atoms with Crippen molar-refractivity contribution < 1.29 is 30.0 Å². The first-order chi connectivity index (χ1) is 10.9. The molecule has 0 amide bonds. The van der Waals surface area contributed by atoms with Crippen LogP contribution in [0.15, 0.2) is 24.3 Å². The van der Waals surface area contributed by atoms with E-state index in [1.807, 2.05) is 0 Å². The Labute approximate surface area is 133 Å². The second kappa shape index (κ2) is 5.33. The maximum atomic E-state index is 12.5. The van der Waals surface area contributed by atoms with Crippen LogP contribution in [0.1, 0.15) is 15.4 Å². The molecule has 0 radical (unpaired) electrons. The molecule has 0 spiro atoms. The van der Waals surface area contributed by atoms with Gasteiger partial charge < -0.3 is 25.2 Å². The van der Waals surface area contributed by atoms with Crippen LogP contribution in [0.4, 0.5) is 0 Å². The normalized spacial score (nSPS) is 10.8. The van der Waals surface area contributed by atoms with Crippen LogP contribution < -0.4 is 4.74 Å². The van der Waals surface area contributed by atoms with Gasteiger partial charge in [-0.05, 0) is 6.07 Å². The smallest absolute Gasteiger partial charge is 0.225 e. The van der Waals surface area contributed by atoms with Gasteiger partial charge in [-0.3, -0.25) is 4.79 Å². The largest absolute Gasteiger partial charge is 0.507 e. The average Bonchev–Trinajstić information content (AvgIpc) is 2.91. The van der Waals surface area contributed by atoms with Gasteiger partial charge in [0.05, 0.1) is 22.9 Å². The number of phenols is 4. The molecule has 4 N–H and O–H groups in total. The average molecular weight is 333 g/mol. The van der Waals surface area contributed by atoms with Crippen LogP contribution in [0.2, 0.25) is 0 Å². The lowest BCUT2D eigenvalue weighted by Crippen LogP contribution is -2.01. The summed E-state index contributed by atoms with van der Waals surface area (Å²) in [6.07, 6.45) is 0. The van der Waals surface area contributed by atoms with Gasteiger partial charge >= 0.3 is 0 Å². The maximum absolute atomic E-state index is 12.5. The molecule has 118 valence electrons. The number of ketones is 1. The van der Waals surface area contributed by atoms with Crippen molar-refractivity contribution >= 4 is 27.3 Å². The Hall–Kier alpha value is -3.00. The standard InChI is InChI=1S/C15H11NO6S/c1-22-12-4-8(17)6(2-11(12)20)14(21)15-16-7-3-9(18)10(19)5-13(7)23-15/h2-5,17-20H,1H3. The number of phenolic OH excluding ortho intramolecular Hbond substituents is 4.